The van der Waals surface area contributed by atoms with Crippen LogP contribution in [-0.2, 0) is 15.1 Å². The van der Waals surface area contributed by atoms with E-state index in [1.807, 2.05) is 0 Å². The summed E-state index contributed by atoms with van der Waals surface area (Å²) in [6.45, 7) is 0. The van der Waals surface area contributed by atoms with Crippen LogP contribution in [0.25, 0.3) is 0 Å². The molecule has 0 bridgehead atoms. The van der Waals surface area contributed by atoms with Gasteiger partial charge in [0.2, 0.25) is 0 Å². The summed E-state index contributed by atoms with van der Waals surface area (Å²) in [7, 11) is 0. The van der Waals surface area contributed by atoms with Gasteiger partial charge in [-0.15, -0.1) is 0 Å². The fourth-order valence-corrected chi connectivity index (χ4v) is 0.183. The summed E-state index contributed by atoms with van der Waals surface area (Å²) in [5.74, 6) is 0. The Morgan fingerprint density at radius 3 is 0.800 bits per heavy atom. The molecule has 0 aliphatic rings. The Kier molecular flexibility index (Phi) is 57.3. The van der Waals surface area contributed by atoms with Crippen molar-refractivity contribution >= 4 is 0 Å². The molecule has 14 nitrogen and oxygen atoms in total. The Balaban J connectivity index is -0.0000000230. The Hall–Kier alpha value is -1.65. The molecule has 0 aliphatic carbocycles. The van der Waals surface area contributed by atoms with Gasteiger partial charge in [0.15, 0.2) is 0 Å². The van der Waals surface area contributed by atoms with E-state index >= 15 is 0 Å². The first kappa shape index (κ1) is 37.7. The maximum Gasteiger partial charge on any atom is 0.0689 e. The summed E-state index contributed by atoms with van der Waals surface area (Å²) in [5, 5.41) is 33.1. The van der Waals surface area contributed by atoms with E-state index in [0.717, 1.165) is 0 Å². The number of nitrogens with zero attached hydrogens (tertiary/aromatic N) is 3. The summed E-state index contributed by atoms with van der Waals surface area (Å²) >= 11 is -0.951. The molecule has 0 saturated heterocycles. The standard InChI is InChI=1S/Co.NO3.2NO2.4H3N/c;2-1(3)4;2*2-1-3;;;;/h;;;;4*1H3/q;-1;;;;;;. The van der Waals surface area contributed by atoms with Gasteiger partial charge in [0.1, 0.15) is 0 Å². The first-order valence-electron chi connectivity index (χ1n) is 1.58. The Bertz CT molecular complexity index is 153. The largest absolute Gasteiger partial charge is 0.356 e. The minimum absolute atomic E-state index is 0. The maximum absolute atomic E-state index is 9.16. The van der Waals surface area contributed by atoms with E-state index in [4.69, 9.17) is 35.6 Å². The molecule has 0 unspecified atom stereocenters. The van der Waals surface area contributed by atoms with Crippen LogP contribution in [0.4, 0.5) is 0 Å². The molecule has 0 amide bonds. The van der Waals surface area contributed by atoms with Gasteiger partial charge in [-0.3, -0.25) is 0 Å². The topological polar surface area (TPSA) is 292 Å². The molecular weight excluding hydrogens is 269 g/mol. The van der Waals surface area contributed by atoms with Crippen LogP contribution in [0.5, 0.6) is 0 Å². The number of hydrogen-bond acceptors (Lipinski definition) is 11. The quantitative estimate of drug-likeness (QED) is 0.380. The zero-order valence-electron chi connectivity index (χ0n) is 7.36. The fraction of sp³-hybridized carbons (Fsp3) is 0. The van der Waals surface area contributed by atoms with E-state index in [-0.39, 0.29) is 24.6 Å². The molecule has 0 aromatic rings. The van der Waals surface area contributed by atoms with Gasteiger partial charge in [0.05, 0.1) is 5.09 Å². The number of hydrogen-bond donors (Lipinski definition) is 4. The Morgan fingerprint density at radius 2 is 0.800 bits per heavy atom. The van der Waals surface area contributed by atoms with Gasteiger partial charge in [-0.05, 0) is 0 Å². The Morgan fingerprint density at radius 1 is 0.667 bits per heavy atom. The molecule has 0 atom stereocenters. The van der Waals surface area contributed by atoms with E-state index in [0.29, 0.717) is 0 Å². The van der Waals surface area contributed by atoms with Gasteiger partial charge in [-0.25, -0.2) is 0 Å². The summed E-state index contributed by atoms with van der Waals surface area (Å²) in [5.41, 5.74) is 0. The minimum Gasteiger partial charge on any atom is -0.356 e. The third kappa shape index (κ3) is 240. The summed E-state index contributed by atoms with van der Waals surface area (Å²) < 4.78 is -2.06. The number of nitro groups is 2. The zero-order chi connectivity index (χ0) is 9.44. The van der Waals surface area contributed by atoms with Crippen LogP contribution in [0, 0.1) is 35.6 Å². The minimum atomic E-state index is -1.75. The van der Waals surface area contributed by atoms with Crippen molar-refractivity contribution in [2.24, 2.45) is 0 Å². The monoisotopic (exact) mass is 281 g/mol. The summed E-state index contributed by atoms with van der Waals surface area (Å²) in [4.78, 5) is 26.6. The van der Waals surface area contributed by atoms with Crippen molar-refractivity contribution < 1.29 is 28.2 Å². The van der Waals surface area contributed by atoms with Crippen LogP contribution < -0.4 is 24.6 Å². The molecule has 0 aromatic carbocycles. The van der Waals surface area contributed by atoms with E-state index < -0.39 is 28.2 Å². The summed E-state index contributed by atoms with van der Waals surface area (Å²) in [6, 6.07) is 0. The fourth-order valence-electron chi connectivity index (χ4n) is 0.0444. The van der Waals surface area contributed by atoms with Crippen molar-refractivity contribution in [3.8, 4) is 0 Å². The van der Waals surface area contributed by atoms with E-state index in [1.54, 1.807) is 0 Å². The van der Waals surface area contributed by atoms with Gasteiger partial charge < -0.3 is 39.9 Å². The van der Waals surface area contributed by atoms with Gasteiger partial charge in [-0.2, -0.15) is 0 Å². The van der Waals surface area contributed by atoms with Gasteiger partial charge in [0.25, 0.3) is 0 Å². The van der Waals surface area contributed by atoms with Gasteiger partial charge in [0, 0.05) is 0 Å². The van der Waals surface area contributed by atoms with Gasteiger partial charge >= 0.3 is 43.3 Å². The smallest absolute Gasteiger partial charge is 0.0689 e. The molecular formula is H12CoN7O7-. The van der Waals surface area contributed by atoms with Crippen molar-refractivity contribution in [1.82, 2.24) is 24.6 Å². The van der Waals surface area contributed by atoms with Crippen molar-refractivity contribution in [3.63, 3.8) is 0 Å². The van der Waals surface area contributed by atoms with Crippen LogP contribution >= 0.6 is 0 Å². The van der Waals surface area contributed by atoms with Crippen molar-refractivity contribution in [1.29, 1.82) is 0 Å². The summed E-state index contributed by atoms with van der Waals surface area (Å²) in [6.07, 6.45) is 0. The molecule has 12 N–H and O–H groups in total. The molecule has 15 heteroatoms. The molecule has 0 radical (unpaired) electrons. The molecule has 0 heterocycles. The molecule has 0 fully saturated rings. The van der Waals surface area contributed by atoms with Crippen LogP contribution in [-0.4, -0.2) is 13.0 Å². The molecule has 0 spiro atoms. The van der Waals surface area contributed by atoms with Crippen LogP contribution in [0.1, 0.15) is 0 Å². The molecule has 0 aromatic heterocycles. The Labute approximate surface area is 89.1 Å². The first-order valence-corrected chi connectivity index (χ1v) is 2.51. The predicted molar refractivity (Wildman–Crippen MR) is 44.4 cm³/mol. The second-order valence-electron chi connectivity index (χ2n) is 0.683. The SMILES string of the molecule is N.N.N.N.O=[N+]([O-])[Co][N+](=O)[O-].O=[N+]([O-])[O-]. The normalized spacial score (nSPS) is 5.60. The van der Waals surface area contributed by atoms with E-state index in [2.05, 4.69) is 0 Å². The first-order chi connectivity index (χ1) is 4.86. The molecule has 0 rings (SSSR count). The van der Waals surface area contributed by atoms with Crippen molar-refractivity contribution in [2.45, 2.75) is 0 Å². The van der Waals surface area contributed by atoms with Crippen LogP contribution in [0.15, 0.2) is 0 Å². The second-order valence-corrected chi connectivity index (χ2v) is 1.65. The van der Waals surface area contributed by atoms with Gasteiger partial charge in [-0.1, -0.05) is 0 Å². The third-order valence-corrected chi connectivity index (χ3v) is 0.449. The molecule has 99 valence electrons. The number of rotatable bonds is 2. The zero-order valence-corrected chi connectivity index (χ0v) is 8.40. The molecule has 15 heavy (non-hydrogen) atoms. The average Bonchev–Trinajstić information content (AvgIpc) is 1.56. The second kappa shape index (κ2) is 22.8. The van der Waals surface area contributed by atoms with Crippen LogP contribution in [0.2, 0.25) is 0 Å². The third-order valence-electron chi connectivity index (χ3n) is 0.109. The van der Waals surface area contributed by atoms with Crippen molar-refractivity contribution in [2.75, 3.05) is 0 Å². The van der Waals surface area contributed by atoms with E-state index in [9.17, 15) is 0 Å². The van der Waals surface area contributed by atoms with E-state index in [1.165, 1.54) is 0 Å². The predicted octanol–water partition coefficient (Wildman–Crippen LogP) is -0.139. The average molecular weight is 281 g/mol. The maximum atomic E-state index is 9.16. The van der Waals surface area contributed by atoms with Crippen LogP contribution in [0.3, 0.4) is 0 Å². The molecule has 0 saturated carbocycles. The van der Waals surface area contributed by atoms with Crippen molar-refractivity contribution in [3.05, 3.63) is 35.6 Å². The molecule has 0 aliphatic heterocycles.